The van der Waals surface area contributed by atoms with Gasteiger partial charge in [-0.2, -0.15) is 0 Å². The number of anilines is 4. The quantitative estimate of drug-likeness (QED) is 0.563. The monoisotopic (exact) mass is 393 g/mol. The van der Waals surface area contributed by atoms with Gasteiger partial charge in [-0.3, -0.25) is 9.69 Å². The number of carbonyl (C=O) groups excluding carboxylic acids is 1. The van der Waals surface area contributed by atoms with Crippen molar-refractivity contribution in [3.63, 3.8) is 0 Å². The second kappa shape index (κ2) is 9.03. The van der Waals surface area contributed by atoms with Gasteiger partial charge >= 0.3 is 0 Å². The molecule has 29 heavy (non-hydrogen) atoms. The number of hydrogen-bond donors (Lipinski definition) is 0. The van der Waals surface area contributed by atoms with Crippen LogP contribution in [0.1, 0.15) is 34.6 Å². The van der Waals surface area contributed by atoms with E-state index < -0.39 is 0 Å². The summed E-state index contributed by atoms with van der Waals surface area (Å²) in [6.45, 7) is 14.1. The molecule has 0 spiro atoms. The number of benzene rings is 2. The number of fused-ring (bicyclic) bond motifs is 2. The van der Waals surface area contributed by atoms with Crippen LogP contribution < -0.4 is 19.4 Å². The molecule has 2 aromatic carbocycles. The third-order valence-corrected chi connectivity index (χ3v) is 5.38. The molecule has 0 radical (unpaired) electrons. The summed E-state index contributed by atoms with van der Waals surface area (Å²) in [5, 5.41) is 0. The van der Waals surface area contributed by atoms with E-state index in [-0.39, 0.29) is 5.91 Å². The summed E-state index contributed by atoms with van der Waals surface area (Å²) in [7, 11) is 0. The van der Waals surface area contributed by atoms with E-state index in [1.54, 1.807) is 17.1 Å². The molecule has 5 heteroatoms. The molecule has 1 aliphatic heterocycles. The van der Waals surface area contributed by atoms with Gasteiger partial charge in [-0.05, 0) is 65.0 Å². The predicted molar refractivity (Wildman–Crippen MR) is 122 cm³/mol. The molecule has 0 aliphatic carbocycles. The zero-order chi connectivity index (χ0) is 21.0. The van der Waals surface area contributed by atoms with Crippen molar-refractivity contribution >= 4 is 28.7 Å². The summed E-state index contributed by atoms with van der Waals surface area (Å²) in [6, 6.07) is 12.1. The first-order valence-electron chi connectivity index (χ1n) is 10.5. The second-order valence-electron chi connectivity index (χ2n) is 6.92. The maximum absolute atomic E-state index is 12.9. The summed E-state index contributed by atoms with van der Waals surface area (Å²) in [5.74, 6) is 1.33. The molecule has 0 aromatic heterocycles. The number of rotatable bonds is 7. The van der Waals surface area contributed by atoms with Crippen LogP contribution in [0.4, 0.5) is 22.7 Å². The molecule has 0 saturated carbocycles. The molecule has 154 valence electrons. The van der Waals surface area contributed by atoms with Gasteiger partial charge in [-0.1, -0.05) is 6.08 Å². The summed E-state index contributed by atoms with van der Waals surface area (Å²) in [6.07, 6.45) is 3.36. The van der Waals surface area contributed by atoms with Gasteiger partial charge in [0.15, 0.2) is 11.5 Å². The van der Waals surface area contributed by atoms with Crippen molar-refractivity contribution in [2.45, 2.75) is 34.6 Å². The highest BCUT2D eigenvalue weighted by Gasteiger charge is 2.29. The van der Waals surface area contributed by atoms with Crippen molar-refractivity contribution in [1.82, 2.24) is 0 Å². The maximum atomic E-state index is 12.9. The van der Waals surface area contributed by atoms with Crippen LogP contribution in [0.5, 0.6) is 11.5 Å². The van der Waals surface area contributed by atoms with Gasteiger partial charge in [0.1, 0.15) is 0 Å². The molecule has 5 nitrogen and oxygen atoms in total. The second-order valence-corrected chi connectivity index (χ2v) is 6.92. The van der Waals surface area contributed by atoms with E-state index in [0.29, 0.717) is 11.5 Å². The summed E-state index contributed by atoms with van der Waals surface area (Å²) >= 11 is 0. The van der Waals surface area contributed by atoms with Crippen molar-refractivity contribution in [2.75, 3.05) is 40.9 Å². The van der Waals surface area contributed by atoms with Crippen molar-refractivity contribution in [3.05, 3.63) is 48.6 Å². The fourth-order valence-electron chi connectivity index (χ4n) is 3.81. The highest BCUT2D eigenvalue weighted by atomic mass is 16.5. The van der Waals surface area contributed by atoms with Crippen LogP contribution in [-0.4, -0.2) is 32.1 Å². The fourth-order valence-corrected chi connectivity index (χ4v) is 3.81. The highest BCUT2D eigenvalue weighted by molar-refractivity contribution is 6.10. The summed E-state index contributed by atoms with van der Waals surface area (Å²) in [4.78, 5) is 19.2. The predicted octanol–water partition coefficient (Wildman–Crippen LogP) is 5.73. The number of ether oxygens (including phenoxy) is 1. The molecule has 1 amide bonds. The van der Waals surface area contributed by atoms with E-state index >= 15 is 0 Å². The van der Waals surface area contributed by atoms with Gasteiger partial charge in [0.25, 0.3) is 5.91 Å². The van der Waals surface area contributed by atoms with Crippen molar-refractivity contribution < 1.29 is 9.53 Å². The smallest absolute Gasteiger partial charge is 0.255 e. The Kier molecular flexibility index (Phi) is 6.47. The summed E-state index contributed by atoms with van der Waals surface area (Å²) < 4.78 is 6.32. The first kappa shape index (κ1) is 20.8. The zero-order valence-corrected chi connectivity index (χ0v) is 18.1. The summed E-state index contributed by atoms with van der Waals surface area (Å²) in [5.41, 5.74) is 3.73. The Morgan fingerprint density at radius 1 is 0.862 bits per heavy atom. The molecular weight excluding hydrogens is 362 g/mol. The lowest BCUT2D eigenvalue weighted by Crippen LogP contribution is -2.28. The molecule has 0 unspecified atom stereocenters. The molecule has 2 aromatic rings. The van der Waals surface area contributed by atoms with Gasteiger partial charge in [-0.15, -0.1) is 0 Å². The highest BCUT2D eigenvalue weighted by Crippen LogP contribution is 2.49. The SMILES string of the molecule is C/C=C/C(=O)N1c2ccc(N(CC)CC)cc2Oc2cc(N(CC)CC)ccc21. The van der Waals surface area contributed by atoms with Crippen molar-refractivity contribution in [2.24, 2.45) is 0 Å². The lowest BCUT2D eigenvalue weighted by molar-refractivity contribution is -0.113. The fraction of sp³-hybridized carbons (Fsp3) is 0.375. The first-order chi connectivity index (χ1) is 14.1. The lowest BCUT2D eigenvalue weighted by atomic mass is 10.1. The number of nitrogens with zero attached hydrogens (tertiary/aromatic N) is 3. The van der Waals surface area contributed by atoms with Gasteiger partial charge in [0.05, 0.1) is 11.4 Å². The van der Waals surface area contributed by atoms with Crippen molar-refractivity contribution in [3.8, 4) is 11.5 Å². The Morgan fingerprint density at radius 3 is 1.69 bits per heavy atom. The molecule has 0 fully saturated rings. The average molecular weight is 394 g/mol. The van der Waals surface area contributed by atoms with Crippen LogP contribution in [0.2, 0.25) is 0 Å². The van der Waals surface area contributed by atoms with Crippen molar-refractivity contribution in [1.29, 1.82) is 0 Å². The standard InChI is InChI=1S/C24H31N3O2/c1-6-11-24(28)27-20-14-12-18(25(7-2)8-3)16-22(20)29-23-17-19(13-15-21(23)27)26(9-4)10-5/h6,11-17H,7-10H2,1-5H3/b11-6+. The van der Waals surface area contributed by atoms with E-state index in [0.717, 1.165) is 48.9 Å². The minimum absolute atomic E-state index is 0.0792. The van der Waals surface area contributed by atoms with Crippen LogP contribution in [0.3, 0.4) is 0 Å². The van der Waals surface area contributed by atoms with E-state index in [4.69, 9.17) is 4.74 Å². The Labute approximate surface area is 174 Å². The van der Waals surface area contributed by atoms with Crippen LogP contribution in [0, 0.1) is 0 Å². The molecule has 0 N–H and O–H groups in total. The van der Waals surface area contributed by atoms with Crippen LogP contribution in [0.25, 0.3) is 0 Å². The van der Waals surface area contributed by atoms with Gasteiger partial charge in [0.2, 0.25) is 0 Å². The number of hydrogen-bond acceptors (Lipinski definition) is 4. The van der Waals surface area contributed by atoms with Crippen LogP contribution >= 0.6 is 0 Å². The molecule has 3 rings (SSSR count). The maximum Gasteiger partial charge on any atom is 0.255 e. The van der Waals surface area contributed by atoms with Crippen LogP contribution in [-0.2, 0) is 4.79 Å². The topological polar surface area (TPSA) is 36.0 Å². The number of allylic oxidation sites excluding steroid dienone is 1. The average Bonchev–Trinajstić information content (AvgIpc) is 2.73. The molecule has 0 atom stereocenters. The Hall–Kier alpha value is -2.95. The molecule has 0 bridgehead atoms. The van der Waals surface area contributed by atoms with E-state index in [2.05, 4.69) is 49.6 Å². The van der Waals surface area contributed by atoms with E-state index in [1.807, 2.05) is 31.2 Å². The third kappa shape index (κ3) is 3.95. The van der Waals surface area contributed by atoms with Gasteiger partial charge in [0, 0.05) is 49.7 Å². The Bertz CT molecular complexity index is 837. The molecule has 0 saturated heterocycles. The lowest BCUT2D eigenvalue weighted by Gasteiger charge is -2.33. The molecule has 1 heterocycles. The number of amides is 1. The Morgan fingerprint density at radius 2 is 1.31 bits per heavy atom. The largest absolute Gasteiger partial charge is 0.453 e. The number of carbonyl (C=O) groups is 1. The van der Waals surface area contributed by atoms with E-state index in [9.17, 15) is 4.79 Å². The Balaban J connectivity index is 2.12. The first-order valence-corrected chi connectivity index (χ1v) is 10.5. The minimum Gasteiger partial charge on any atom is -0.453 e. The normalized spacial score (nSPS) is 12.4. The van der Waals surface area contributed by atoms with Crippen LogP contribution in [0.15, 0.2) is 48.6 Å². The zero-order valence-electron chi connectivity index (χ0n) is 18.1. The van der Waals surface area contributed by atoms with Gasteiger partial charge < -0.3 is 14.5 Å². The molecular formula is C24H31N3O2. The van der Waals surface area contributed by atoms with E-state index in [1.165, 1.54) is 0 Å². The van der Waals surface area contributed by atoms with Gasteiger partial charge in [-0.25, -0.2) is 0 Å². The third-order valence-electron chi connectivity index (χ3n) is 5.38. The minimum atomic E-state index is -0.0792. The molecule has 1 aliphatic rings.